The van der Waals surface area contributed by atoms with Gasteiger partial charge in [0.1, 0.15) is 5.82 Å². The summed E-state index contributed by atoms with van der Waals surface area (Å²) in [6, 6.07) is 4.87. The molecule has 0 amide bonds. The molecule has 1 N–H and O–H groups in total. The van der Waals surface area contributed by atoms with Crippen LogP contribution >= 0.6 is 0 Å². The van der Waals surface area contributed by atoms with Gasteiger partial charge in [0.15, 0.2) is 0 Å². The van der Waals surface area contributed by atoms with Gasteiger partial charge < -0.3 is 5.11 Å². The molecule has 0 heterocycles. The van der Waals surface area contributed by atoms with Gasteiger partial charge in [-0.05, 0) is 30.0 Å². The second kappa shape index (κ2) is 3.61. The molecule has 1 aliphatic rings. The minimum absolute atomic E-state index is 0. The van der Waals surface area contributed by atoms with Crippen molar-refractivity contribution in [2.24, 2.45) is 0 Å². The van der Waals surface area contributed by atoms with Gasteiger partial charge in [-0.15, -0.1) is 0 Å². The summed E-state index contributed by atoms with van der Waals surface area (Å²) in [5, 5.41) is 9.34. The van der Waals surface area contributed by atoms with Gasteiger partial charge in [-0.25, -0.2) is 4.39 Å². The second-order valence-corrected chi connectivity index (χ2v) is 2.86. The second-order valence-electron chi connectivity index (χ2n) is 2.86. The maximum Gasteiger partial charge on any atom is 0.126 e. The van der Waals surface area contributed by atoms with Crippen LogP contribution < -0.4 is 0 Å². The molecule has 12 heavy (non-hydrogen) atoms. The molecule has 0 saturated carbocycles. The molecule has 1 nitrogen and oxygen atoms in total. The van der Waals surface area contributed by atoms with E-state index in [0.717, 1.165) is 5.56 Å². The number of rotatable bonds is 0. The number of benzene rings is 1. The molecule has 0 saturated heterocycles. The summed E-state index contributed by atoms with van der Waals surface area (Å²) in [4.78, 5) is 0. The van der Waals surface area contributed by atoms with E-state index >= 15 is 0 Å². The van der Waals surface area contributed by atoms with E-state index in [1.54, 1.807) is 12.1 Å². The van der Waals surface area contributed by atoms with Crippen molar-refractivity contribution in [2.45, 2.75) is 18.9 Å². The third-order valence-electron chi connectivity index (χ3n) is 2.18. The normalized spacial score (nSPS) is 20.0. The van der Waals surface area contributed by atoms with Crippen LogP contribution in [0.15, 0.2) is 18.2 Å². The van der Waals surface area contributed by atoms with Gasteiger partial charge in [0.2, 0.25) is 0 Å². The predicted octanol–water partition coefficient (Wildman–Crippen LogP) is 1.80. The van der Waals surface area contributed by atoms with E-state index < -0.39 is 6.10 Å². The van der Waals surface area contributed by atoms with Crippen molar-refractivity contribution in [3.8, 4) is 0 Å². The number of halogens is 1. The van der Waals surface area contributed by atoms with E-state index in [4.69, 9.17) is 0 Å². The SMILES string of the molecule is OC1CCc2c(F)cccc21.[V]. The van der Waals surface area contributed by atoms with Crippen LogP contribution in [0.25, 0.3) is 0 Å². The zero-order chi connectivity index (χ0) is 7.84. The summed E-state index contributed by atoms with van der Waals surface area (Å²) >= 11 is 0. The molecule has 2 rings (SSSR count). The Kier molecular flexibility index (Phi) is 2.94. The summed E-state index contributed by atoms with van der Waals surface area (Å²) in [7, 11) is 0. The van der Waals surface area contributed by atoms with Crippen molar-refractivity contribution in [3.63, 3.8) is 0 Å². The Morgan fingerprint density at radius 3 is 2.83 bits per heavy atom. The molecule has 3 heteroatoms. The average Bonchev–Trinajstić information content (AvgIpc) is 2.35. The maximum atomic E-state index is 13.0. The number of aliphatic hydroxyl groups excluding tert-OH is 1. The molecule has 63 valence electrons. The van der Waals surface area contributed by atoms with Gasteiger partial charge >= 0.3 is 0 Å². The molecule has 0 aliphatic heterocycles. The monoisotopic (exact) mass is 203 g/mol. The van der Waals surface area contributed by atoms with Gasteiger partial charge in [-0.2, -0.15) is 0 Å². The van der Waals surface area contributed by atoms with Gasteiger partial charge in [0, 0.05) is 18.6 Å². The van der Waals surface area contributed by atoms with Crippen molar-refractivity contribution < 1.29 is 28.1 Å². The van der Waals surface area contributed by atoms with E-state index in [2.05, 4.69) is 0 Å². The first kappa shape index (κ1) is 9.78. The molecule has 1 unspecified atom stereocenters. The fourth-order valence-corrected chi connectivity index (χ4v) is 1.59. The molecule has 0 fully saturated rings. The maximum absolute atomic E-state index is 13.0. The first-order valence-corrected chi connectivity index (χ1v) is 3.74. The van der Waals surface area contributed by atoms with Crippen LogP contribution in [0.4, 0.5) is 4.39 Å². The Morgan fingerprint density at radius 1 is 1.42 bits per heavy atom. The average molecular weight is 203 g/mol. The van der Waals surface area contributed by atoms with E-state index in [1.165, 1.54) is 6.07 Å². The zero-order valence-corrected chi connectivity index (χ0v) is 7.89. The van der Waals surface area contributed by atoms with Crippen molar-refractivity contribution in [1.29, 1.82) is 0 Å². The third kappa shape index (κ3) is 1.42. The molecular weight excluding hydrogens is 194 g/mol. The van der Waals surface area contributed by atoms with Gasteiger partial charge in [0.25, 0.3) is 0 Å². The molecular formula is C9H9FOV. The van der Waals surface area contributed by atoms with Crippen molar-refractivity contribution >= 4 is 0 Å². The van der Waals surface area contributed by atoms with Crippen LogP contribution in [0.1, 0.15) is 23.7 Å². The predicted molar refractivity (Wildman–Crippen MR) is 39.7 cm³/mol. The molecule has 1 atom stereocenters. The Balaban J connectivity index is 0.000000720. The summed E-state index contributed by atoms with van der Waals surface area (Å²) in [5.41, 5.74) is 1.46. The van der Waals surface area contributed by atoms with Crippen molar-refractivity contribution in [3.05, 3.63) is 35.1 Å². The molecule has 0 bridgehead atoms. The summed E-state index contributed by atoms with van der Waals surface area (Å²) in [6.07, 6.45) is 0.889. The fourth-order valence-electron chi connectivity index (χ4n) is 1.59. The standard InChI is InChI=1S/C9H9FO.V/c10-8-3-1-2-7-6(8)4-5-9(7)11;/h1-3,9,11H,4-5H2;. The van der Waals surface area contributed by atoms with Crippen LogP contribution in [0.3, 0.4) is 0 Å². The van der Waals surface area contributed by atoms with Crippen LogP contribution in [0, 0.1) is 5.82 Å². The van der Waals surface area contributed by atoms with Crippen molar-refractivity contribution in [2.75, 3.05) is 0 Å². The number of hydrogen-bond acceptors (Lipinski definition) is 1. The van der Waals surface area contributed by atoms with Crippen LogP contribution in [0.5, 0.6) is 0 Å². The summed E-state index contributed by atoms with van der Waals surface area (Å²) < 4.78 is 13.0. The van der Waals surface area contributed by atoms with Gasteiger partial charge in [0.05, 0.1) is 6.10 Å². The van der Waals surface area contributed by atoms with Crippen LogP contribution in [-0.2, 0) is 25.0 Å². The van der Waals surface area contributed by atoms with E-state index in [9.17, 15) is 9.50 Å². The van der Waals surface area contributed by atoms with Gasteiger partial charge in [-0.1, -0.05) is 12.1 Å². The molecule has 1 aliphatic carbocycles. The quantitative estimate of drug-likeness (QED) is 0.681. The van der Waals surface area contributed by atoms with Crippen LogP contribution in [-0.4, -0.2) is 5.11 Å². The first-order valence-electron chi connectivity index (χ1n) is 3.74. The molecule has 0 spiro atoms. The van der Waals surface area contributed by atoms with Crippen LogP contribution in [0.2, 0.25) is 0 Å². The zero-order valence-electron chi connectivity index (χ0n) is 6.50. The number of fused-ring (bicyclic) bond motifs is 1. The van der Waals surface area contributed by atoms with E-state index in [0.29, 0.717) is 18.4 Å². The summed E-state index contributed by atoms with van der Waals surface area (Å²) in [6.45, 7) is 0. The Hall–Kier alpha value is -0.306. The number of hydrogen-bond donors (Lipinski definition) is 1. The number of aliphatic hydroxyl groups is 1. The molecule has 0 aromatic heterocycles. The van der Waals surface area contributed by atoms with E-state index in [-0.39, 0.29) is 24.4 Å². The van der Waals surface area contributed by atoms with E-state index in [1.807, 2.05) is 0 Å². The topological polar surface area (TPSA) is 20.2 Å². The smallest absolute Gasteiger partial charge is 0.126 e. The molecule has 1 radical (unpaired) electrons. The van der Waals surface area contributed by atoms with Gasteiger partial charge in [-0.3, -0.25) is 0 Å². The molecule has 1 aromatic carbocycles. The first-order chi connectivity index (χ1) is 5.29. The Labute approximate surface area is 82.5 Å². The van der Waals surface area contributed by atoms with Crippen molar-refractivity contribution in [1.82, 2.24) is 0 Å². The molecule has 1 aromatic rings. The minimum atomic E-state index is -0.444. The Bertz CT molecular complexity index is 288. The fraction of sp³-hybridized carbons (Fsp3) is 0.333. The minimum Gasteiger partial charge on any atom is -0.388 e. The third-order valence-corrected chi connectivity index (χ3v) is 2.18. The Morgan fingerprint density at radius 2 is 2.17 bits per heavy atom. The largest absolute Gasteiger partial charge is 0.388 e. The summed E-state index contributed by atoms with van der Waals surface area (Å²) in [5.74, 6) is -0.181.